The minimum atomic E-state index is -3.78. The van der Waals surface area contributed by atoms with Crippen molar-refractivity contribution >= 4 is 33.2 Å². The molecule has 0 saturated heterocycles. The predicted octanol–water partition coefficient (Wildman–Crippen LogP) is 1.73. The Morgan fingerprint density at radius 2 is 2.06 bits per heavy atom. The summed E-state index contributed by atoms with van der Waals surface area (Å²) in [6.45, 7) is 0. The van der Waals surface area contributed by atoms with Crippen molar-refractivity contribution in [1.29, 1.82) is 0 Å². The molecule has 1 aromatic carbocycles. The summed E-state index contributed by atoms with van der Waals surface area (Å²) < 4.78 is 22.2. The van der Waals surface area contributed by atoms with Crippen molar-refractivity contribution in [2.75, 3.05) is 5.32 Å². The summed E-state index contributed by atoms with van der Waals surface area (Å²) in [7, 11) is -3.78. The SMILES string of the molecule is NS(=O)(=O)c1ccc(NC(=O)C2CCC2)c(Cl)c1. The molecule has 0 radical (unpaired) electrons. The third-order valence-electron chi connectivity index (χ3n) is 3.00. The van der Waals surface area contributed by atoms with Gasteiger partial charge in [-0.3, -0.25) is 4.79 Å². The largest absolute Gasteiger partial charge is 0.325 e. The zero-order valence-corrected chi connectivity index (χ0v) is 11.1. The molecular weight excluding hydrogens is 276 g/mol. The van der Waals surface area contributed by atoms with E-state index in [0.717, 1.165) is 19.3 Å². The van der Waals surface area contributed by atoms with Gasteiger partial charge >= 0.3 is 0 Å². The second-order valence-electron chi connectivity index (χ2n) is 4.30. The molecule has 0 aliphatic heterocycles. The van der Waals surface area contributed by atoms with E-state index in [1.54, 1.807) is 0 Å². The van der Waals surface area contributed by atoms with Gasteiger partial charge in [0.25, 0.3) is 0 Å². The van der Waals surface area contributed by atoms with Crippen LogP contribution in [0.2, 0.25) is 5.02 Å². The Morgan fingerprint density at radius 3 is 2.50 bits per heavy atom. The molecule has 0 unspecified atom stereocenters. The van der Waals surface area contributed by atoms with Crippen molar-refractivity contribution in [3.63, 3.8) is 0 Å². The first-order valence-corrected chi connectivity index (χ1v) is 7.43. The van der Waals surface area contributed by atoms with E-state index >= 15 is 0 Å². The van der Waals surface area contributed by atoms with Gasteiger partial charge in [-0.15, -0.1) is 0 Å². The summed E-state index contributed by atoms with van der Waals surface area (Å²) >= 11 is 5.91. The maximum Gasteiger partial charge on any atom is 0.238 e. The third-order valence-corrected chi connectivity index (χ3v) is 4.23. The molecule has 18 heavy (non-hydrogen) atoms. The zero-order valence-electron chi connectivity index (χ0n) is 9.52. The van der Waals surface area contributed by atoms with Gasteiger partial charge in [0.2, 0.25) is 15.9 Å². The zero-order chi connectivity index (χ0) is 13.3. The summed E-state index contributed by atoms with van der Waals surface area (Å²) in [5.41, 5.74) is 0.404. The first-order chi connectivity index (χ1) is 8.38. The molecule has 1 aromatic rings. The molecule has 0 spiro atoms. The molecule has 1 fully saturated rings. The minimum absolute atomic E-state index is 0.0407. The van der Waals surface area contributed by atoms with Crippen molar-refractivity contribution in [2.24, 2.45) is 11.1 Å². The fourth-order valence-corrected chi connectivity index (χ4v) is 2.51. The van der Waals surface area contributed by atoms with Crippen molar-refractivity contribution in [2.45, 2.75) is 24.2 Å². The number of halogens is 1. The summed E-state index contributed by atoms with van der Waals surface area (Å²) in [5.74, 6) is -0.0366. The number of nitrogens with one attached hydrogen (secondary N) is 1. The van der Waals surface area contributed by atoms with Gasteiger partial charge in [0, 0.05) is 5.92 Å². The van der Waals surface area contributed by atoms with E-state index in [1.165, 1.54) is 18.2 Å². The Kier molecular flexibility index (Phi) is 3.61. The quantitative estimate of drug-likeness (QED) is 0.887. The van der Waals surface area contributed by atoms with Gasteiger partial charge < -0.3 is 5.32 Å². The molecular formula is C11H13ClN2O3S. The second-order valence-corrected chi connectivity index (χ2v) is 6.27. The van der Waals surface area contributed by atoms with Gasteiger partial charge in [-0.2, -0.15) is 0 Å². The summed E-state index contributed by atoms with van der Waals surface area (Å²) in [6.07, 6.45) is 2.84. The highest BCUT2D eigenvalue weighted by molar-refractivity contribution is 7.89. The van der Waals surface area contributed by atoms with Gasteiger partial charge in [0.15, 0.2) is 0 Å². The smallest absolute Gasteiger partial charge is 0.238 e. The topological polar surface area (TPSA) is 89.3 Å². The van der Waals surface area contributed by atoms with Crippen LogP contribution in [0.15, 0.2) is 23.1 Å². The van der Waals surface area contributed by atoms with Crippen molar-refractivity contribution in [3.05, 3.63) is 23.2 Å². The summed E-state index contributed by atoms with van der Waals surface area (Å²) in [5, 5.41) is 7.83. The Bertz CT molecular complexity index is 582. The van der Waals surface area contributed by atoms with Gasteiger partial charge in [0.1, 0.15) is 0 Å². The van der Waals surface area contributed by atoms with Gasteiger partial charge in [0.05, 0.1) is 15.6 Å². The van der Waals surface area contributed by atoms with Crippen LogP contribution in [-0.2, 0) is 14.8 Å². The van der Waals surface area contributed by atoms with Crippen LogP contribution < -0.4 is 10.5 Å². The number of benzene rings is 1. The molecule has 0 heterocycles. The van der Waals surface area contributed by atoms with Crippen LogP contribution >= 0.6 is 11.6 Å². The molecule has 7 heteroatoms. The highest BCUT2D eigenvalue weighted by Gasteiger charge is 2.25. The molecule has 1 amide bonds. The van der Waals surface area contributed by atoms with E-state index in [1.807, 2.05) is 0 Å². The number of nitrogens with two attached hydrogens (primary N) is 1. The number of hydrogen-bond acceptors (Lipinski definition) is 3. The third kappa shape index (κ3) is 2.82. The molecule has 1 aliphatic rings. The lowest BCUT2D eigenvalue weighted by Gasteiger charge is -2.24. The van der Waals surface area contributed by atoms with Crippen molar-refractivity contribution in [1.82, 2.24) is 0 Å². The first kappa shape index (κ1) is 13.3. The van der Waals surface area contributed by atoms with E-state index in [9.17, 15) is 13.2 Å². The molecule has 5 nitrogen and oxygen atoms in total. The van der Waals surface area contributed by atoms with Crippen LogP contribution in [0.25, 0.3) is 0 Å². The number of carbonyl (C=O) groups is 1. The first-order valence-electron chi connectivity index (χ1n) is 5.51. The van der Waals surface area contributed by atoms with Crippen molar-refractivity contribution < 1.29 is 13.2 Å². The van der Waals surface area contributed by atoms with Crippen LogP contribution in [0, 0.1) is 5.92 Å². The number of primary sulfonamides is 1. The van der Waals surface area contributed by atoms with Crippen LogP contribution in [0.4, 0.5) is 5.69 Å². The van der Waals surface area contributed by atoms with Crippen LogP contribution in [0.5, 0.6) is 0 Å². The lowest BCUT2D eigenvalue weighted by atomic mass is 9.85. The highest BCUT2D eigenvalue weighted by atomic mass is 35.5. The molecule has 98 valence electrons. The second kappa shape index (κ2) is 4.87. The Morgan fingerprint density at radius 1 is 1.39 bits per heavy atom. The number of hydrogen-bond donors (Lipinski definition) is 2. The Labute approximate surface area is 110 Å². The van der Waals surface area contributed by atoms with Crippen molar-refractivity contribution in [3.8, 4) is 0 Å². The highest BCUT2D eigenvalue weighted by Crippen LogP contribution is 2.30. The average molecular weight is 289 g/mol. The fraction of sp³-hybridized carbons (Fsp3) is 0.364. The summed E-state index contributed by atoms with van der Waals surface area (Å²) in [4.78, 5) is 11.6. The molecule has 2 rings (SSSR count). The van der Waals surface area contributed by atoms with Crippen LogP contribution in [0.1, 0.15) is 19.3 Å². The normalized spacial score (nSPS) is 16.1. The van der Waals surface area contributed by atoms with E-state index in [0.29, 0.717) is 5.69 Å². The van der Waals surface area contributed by atoms with Crippen LogP contribution in [0.3, 0.4) is 0 Å². The number of sulfonamides is 1. The Balaban J connectivity index is 2.17. The monoisotopic (exact) mass is 288 g/mol. The maximum absolute atomic E-state index is 11.7. The number of carbonyl (C=O) groups excluding carboxylic acids is 1. The predicted molar refractivity (Wildman–Crippen MR) is 68.8 cm³/mol. The summed E-state index contributed by atoms with van der Waals surface area (Å²) in [6, 6.07) is 3.99. The van der Waals surface area contributed by atoms with Gasteiger partial charge in [-0.05, 0) is 31.0 Å². The molecule has 0 bridgehead atoms. The molecule has 0 atom stereocenters. The van der Waals surface area contributed by atoms with E-state index in [4.69, 9.17) is 16.7 Å². The van der Waals surface area contributed by atoms with Gasteiger partial charge in [-0.1, -0.05) is 18.0 Å². The van der Waals surface area contributed by atoms with Crippen LogP contribution in [-0.4, -0.2) is 14.3 Å². The molecule has 3 N–H and O–H groups in total. The minimum Gasteiger partial charge on any atom is -0.325 e. The molecule has 0 aromatic heterocycles. The Hall–Kier alpha value is -1.11. The van der Waals surface area contributed by atoms with E-state index in [-0.39, 0.29) is 21.7 Å². The number of rotatable bonds is 3. The average Bonchev–Trinajstić information content (AvgIpc) is 2.16. The molecule has 1 saturated carbocycles. The lowest BCUT2D eigenvalue weighted by molar-refractivity contribution is -0.122. The number of anilines is 1. The fourth-order valence-electron chi connectivity index (χ4n) is 1.68. The lowest BCUT2D eigenvalue weighted by Crippen LogP contribution is -2.28. The molecule has 1 aliphatic carbocycles. The van der Waals surface area contributed by atoms with E-state index < -0.39 is 10.0 Å². The van der Waals surface area contributed by atoms with Gasteiger partial charge in [-0.25, -0.2) is 13.6 Å². The maximum atomic E-state index is 11.7. The number of amides is 1. The van der Waals surface area contributed by atoms with E-state index in [2.05, 4.69) is 5.32 Å². The standard InChI is InChI=1S/C11H13ClN2O3S/c12-9-6-8(18(13,16)17)4-5-10(9)14-11(15)7-2-1-3-7/h4-7H,1-3H2,(H,14,15)(H2,13,16,17).